The maximum absolute atomic E-state index is 5.67. The molecule has 6 nitrogen and oxygen atoms in total. The third-order valence-corrected chi connectivity index (χ3v) is 4.61. The van der Waals surface area contributed by atoms with Crippen molar-refractivity contribution in [3.8, 4) is 22.9 Å². The van der Waals surface area contributed by atoms with Gasteiger partial charge >= 0.3 is 0 Å². The molecule has 3 rings (SSSR count). The predicted octanol–water partition coefficient (Wildman–Crippen LogP) is 2.85. The molecule has 24 heavy (non-hydrogen) atoms. The van der Waals surface area contributed by atoms with E-state index in [2.05, 4.69) is 9.55 Å². The van der Waals surface area contributed by atoms with Crippen LogP contribution < -0.4 is 9.47 Å². The highest BCUT2D eigenvalue weighted by atomic mass is 16.5. The van der Waals surface area contributed by atoms with Crippen LogP contribution in [0.3, 0.4) is 0 Å². The average Bonchev–Trinajstić information content (AvgIpc) is 3.10. The second kappa shape index (κ2) is 7.23. The number of imidazole rings is 1. The van der Waals surface area contributed by atoms with Gasteiger partial charge in [0.05, 0.1) is 38.5 Å². The molecule has 6 heteroatoms. The molecular weight excluding hydrogens is 308 g/mol. The molecule has 0 spiro atoms. The zero-order chi connectivity index (χ0) is 17.1. The van der Waals surface area contributed by atoms with Crippen molar-refractivity contribution in [1.29, 1.82) is 0 Å². The molecule has 1 aliphatic heterocycles. The fourth-order valence-corrected chi connectivity index (χ4v) is 3.36. The zero-order valence-corrected chi connectivity index (χ0v) is 14.6. The first-order valence-corrected chi connectivity index (χ1v) is 8.06. The minimum Gasteiger partial charge on any atom is -0.496 e. The monoisotopic (exact) mass is 332 g/mol. The van der Waals surface area contributed by atoms with E-state index in [0.29, 0.717) is 6.61 Å². The lowest BCUT2D eigenvalue weighted by atomic mass is 10.0. The van der Waals surface area contributed by atoms with Crippen LogP contribution in [0.1, 0.15) is 18.0 Å². The van der Waals surface area contributed by atoms with Gasteiger partial charge in [-0.05, 0) is 25.5 Å². The highest BCUT2D eigenvalue weighted by molar-refractivity contribution is 5.69. The van der Waals surface area contributed by atoms with Crippen molar-refractivity contribution in [3.63, 3.8) is 0 Å². The summed E-state index contributed by atoms with van der Waals surface area (Å²) in [4.78, 5) is 4.57. The Hall–Kier alpha value is -2.05. The van der Waals surface area contributed by atoms with Gasteiger partial charge in [0, 0.05) is 31.7 Å². The minimum absolute atomic E-state index is 0.0911. The quantitative estimate of drug-likeness (QED) is 0.843. The van der Waals surface area contributed by atoms with E-state index in [4.69, 9.17) is 18.9 Å². The molecule has 0 radical (unpaired) electrons. The number of ether oxygens (including phenoxy) is 4. The van der Waals surface area contributed by atoms with Gasteiger partial charge in [0.15, 0.2) is 0 Å². The third kappa shape index (κ3) is 2.87. The summed E-state index contributed by atoms with van der Waals surface area (Å²) >= 11 is 0. The number of benzene rings is 1. The van der Waals surface area contributed by atoms with Crippen LogP contribution in [0.15, 0.2) is 24.5 Å². The van der Waals surface area contributed by atoms with Crippen molar-refractivity contribution in [2.24, 2.45) is 0 Å². The molecular formula is C18H24N2O4. The van der Waals surface area contributed by atoms with E-state index in [1.54, 1.807) is 27.5 Å². The highest BCUT2D eigenvalue weighted by Crippen LogP contribution is 2.38. The Labute approximate surface area is 142 Å². The van der Waals surface area contributed by atoms with E-state index < -0.39 is 0 Å². The van der Waals surface area contributed by atoms with Crippen molar-refractivity contribution in [2.75, 3.05) is 34.5 Å². The maximum Gasteiger partial charge on any atom is 0.144 e. The molecule has 0 bridgehead atoms. The van der Waals surface area contributed by atoms with Gasteiger partial charge in [-0.2, -0.15) is 0 Å². The maximum atomic E-state index is 5.67. The summed E-state index contributed by atoms with van der Waals surface area (Å²) in [7, 11) is 5.07. The number of nitrogens with zero attached hydrogens (tertiary/aromatic N) is 2. The van der Waals surface area contributed by atoms with Gasteiger partial charge < -0.3 is 23.5 Å². The number of aromatic nitrogens is 2. The van der Waals surface area contributed by atoms with E-state index in [1.807, 2.05) is 25.3 Å². The molecule has 0 saturated carbocycles. The van der Waals surface area contributed by atoms with Gasteiger partial charge in [-0.1, -0.05) is 0 Å². The summed E-state index contributed by atoms with van der Waals surface area (Å²) in [5, 5.41) is 0. The summed E-state index contributed by atoms with van der Waals surface area (Å²) in [6.45, 7) is 3.32. The van der Waals surface area contributed by atoms with Gasteiger partial charge in [0.2, 0.25) is 0 Å². The smallest absolute Gasteiger partial charge is 0.144 e. The third-order valence-electron chi connectivity index (χ3n) is 4.61. The van der Waals surface area contributed by atoms with Crippen LogP contribution in [0.4, 0.5) is 0 Å². The molecule has 2 atom stereocenters. The first-order chi connectivity index (χ1) is 11.7. The predicted molar refractivity (Wildman–Crippen MR) is 90.8 cm³/mol. The number of hydrogen-bond acceptors (Lipinski definition) is 5. The van der Waals surface area contributed by atoms with E-state index >= 15 is 0 Å². The molecule has 0 N–H and O–H groups in total. The second-order valence-corrected chi connectivity index (χ2v) is 5.84. The summed E-state index contributed by atoms with van der Waals surface area (Å²) in [6.07, 6.45) is 4.75. The van der Waals surface area contributed by atoms with E-state index in [9.17, 15) is 0 Å². The molecule has 0 amide bonds. The molecule has 2 heterocycles. The zero-order valence-electron chi connectivity index (χ0n) is 14.6. The van der Waals surface area contributed by atoms with Crippen molar-refractivity contribution >= 4 is 0 Å². The standard InChI is InChI=1S/C18H24N2O4/c1-12-15(21-2)6-5-13(17(12)23-4)18-19-8-9-20(18)14-11-24-10-7-16(14)22-3/h5-6,8-9,14,16H,7,10-11H2,1-4H3/t14-,16-/m1/s1. The topological polar surface area (TPSA) is 54.7 Å². The van der Waals surface area contributed by atoms with Crippen LogP contribution in [0.2, 0.25) is 0 Å². The second-order valence-electron chi connectivity index (χ2n) is 5.84. The lowest BCUT2D eigenvalue weighted by molar-refractivity contribution is -0.0492. The van der Waals surface area contributed by atoms with E-state index in [0.717, 1.165) is 41.5 Å². The van der Waals surface area contributed by atoms with Crippen LogP contribution in [0.25, 0.3) is 11.4 Å². The summed E-state index contributed by atoms with van der Waals surface area (Å²) in [5.41, 5.74) is 1.89. The Kier molecular flexibility index (Phi) is 5.06. The number of methoxy groups -OCH3 is 3. The molecule has 1 aromatic heterocycles. The lowest BCUT2D eigenvalue weighted by Gasteiger charge is -2.32. The Morgan fingerprint density at radius 2 is 2.04 bits per heavy atom. The molecule has 1 fully saturated rings. The van der Waals surface area contributed by atoms with Crippen molar-refractivity contribution in [1.82, 2.24) is 9.55 Å². The molecule has 1 aliphatic rings. The molecule has 0 aliphatic carbocycles. The highest BCUT2D eigenvalue weighted by Gasteiger charge is 2.29. The molecule has 0 unspecified atom stereocenters. The molecule has 2 aromatic rings. The van der Waals surface area contributed by atoms with Gasteiger partial charge in [0.1, 0.15) is 17.3 Å². The van der Waals surface area contributed by atoms with Gasteiger partial charge in [-0.15, -0.1) is 0 Å². The van der Waals surface area contributed by atoms with E-state index in [1.165, 1.54) is 0 Å². The van der Waals surface area contributed by atoms with Crippen LogP contribution in [0, 0.1) is 6.92 Å². The normalized spacial score (nSPS) is 20.8. The minimum atomic E-state index is 0.0911. The largest absolute Gasteiger partial charge is 0.496 e. The average molecular weight is 332 g/mol. The molecule has 130 valence electrons. The first-order valence-electron chi connectivity index (χ1n) is 8.06. The van der Waals surface area contributed by atoms with Crippen molar-refractivity contribution in [3.05, 3.63) is 30.1 Å². The van der Waals surface area contributed by atoms with Crippen molar-refractivity contribution < 1.29 is 18.9 Å². The van der Waals surface area contributed by atoms with Crippen LogP contribution >= 0.6 is 0 Å². The fraction of sp³-hybridized carbons (Fsp3) is 0.500. The number of rotatable bonds is 5. The Bertz CT molecular complexity index is 698. The summed E-state index contributed by atoms with van der Waals surface area (Å²) < 4.78 is 24.5. The molecule has 1 aromatic carbocycles. The lowest BCUT2D eigenvalue weighted by Crippen LogP contribution is -2.35. The van der Waals surface area contributed by atoms with Gasteiger partial charge in [-0.25, -0.2) is 4.98 Å². The SMILES string of the molecule is COc1ccc(-c2nccn2[C@@H]2COCC[C@H]2OC)c(OC)c1C. The Morgan fingerprint density at radius 1 is 1.21 bits per heavy atom. The van der Waals surface area contributed by atoms with Crippen LogP contribution in [0.5, 0.6) is 11.5 Å². The van der Waals surface area contributed by atoms with Crippen LogP contribution in [-0.2, 0) is 9.47 Å². The first kappa shape index (κ1) is 16.8. The summed E-state index contributed by atoms with van der Waals surface area (Å²) in [5.74, 6) is 2.41. The molecule has 1 saturated heterocycles. The Morgan fingerprint density at radius 3 is 2.75 bits per heavy atom. The van der Waals surface area contributed by atoms with E-state index in [-0.39, 0.29) is 12.1 Å². The number of hydrogen-bond donors (Lipinski definition) is 0. The summed E-state index contributed by atoms with van der Waals surface area (Å²) in [6, 6.07) is 4.01. The van der Waals surface area contributed by atoms with Crippen LogP contribution in [-0.4, -0.2) is 50.2 Å². The Balaban J connectivity index is 2.06. The van der Waals surface area contributed by atoms with Crippen molar-refractivity contribution in [2.45, 2.75) is 25.5 Å². The fourth-order valence-electron chi connectivity index (χ4n) is 3.36. The van der Waals surface area contributed by atoms with Gasteiger partial charge in [0.25, 0.3) is 0 Å². The van der Waals surface area contributed by atoms with Gasteiger partial charge in [-0.3, -0.25) is 0 Å².